The summed E-state index contributed by atoms with van der Waals surface area (Å²) >= 11 is 0. The molecular formula is C13H21NO2. The van der Waals surface area contributed by atoms with Gasteiger partial charge in [0.1, 0.15) is 5.60 Å². The molecule has 1 rings (SSSR count). The molecule has 0 aromatic heterocycles. The van der Waals surface area contributed by atoms with E-state index in [1.807, 2.05) is 20.8 Å². The van der Waals surface area contributed by atoms with E-state index in [-0.39, 0.29) is 6.09 Å². The van der Waals surface area contributed by atoms with E-state index in [1.165, 1.54) is 0 Å². The molecule has 90 valence electrons. The number of hydrogen-bond acceptors (Lipinski definition) is 2. The molecule has 16 heavy (non-hydrogen) atoms. The molecule has 3 heteroatoms. The van der Waals surface area contributed by atoms with Gasteiger partial charge in [-0.25, -0.2) is 4.79 Å². The van der Waals surface area contributed by atoms with Crippen LogP contribution < -0.4 is 0 Å². The maximum Gasteiger partial charge on any atom is 0.410 e. The number of piperidine rings is 1. The molecule has 1 fully saturated rings. The Labute approximate surface area is 98.1 Å². The zero-order chi connectivity index (χ0) is 12.2. The van der Waals surface area contributed by atoms with Gasteiger partial charge in [-0.1, -0.05) is 0 Å². The van der Waals surface area contributed by atoms with E-state index in [0.717, 1.165) is 32.4 Å². The first kappa shape index (κ1) is 12.9. The van der Waals surface area contributed by atoms with E-state index in [1.54, 1.807) is 4.90 Å². The predicted octanol–water partition coefficient (Wildman–Crippen LogP) is 2.66. The first-order chi connectivity index (χ1) is 7.42. The highest BCUT2D eigenvalue weighted by atomic mass is 16.6. The summed E-state index contributed by atoms with van der Waals surface area (Å²) in [5.41, 5.74) is -0.410. The number of nitrogens with zero attached hydrogens (tertiary/aromatic N) is 1. The Kier molecular flexibility index (Phi) is 4.23. The van der Waals surface area contributed by atoms with Crippen LogP contribution in [0.25, 0.3) is 0 Å². The van der Waals surface area contributed by atoms with Crippen LogP contribution in [0.15, 0.2) is 0 Å². The van der Waals surface area contributed by atoms with Gasteiger partial charge in [-0.05, 0) is 39.5 Å². The Hall–Kier alpha value is -1.17. The Morgan fingerprint density at radius 2 is 2.00 bits per heavy atom. The maximum atomic E-state index is 11.7. The first-order valence-electron chi connectivity index (χ1n) is 5.84. The number of amides is 1. The zero-order valence-corrected chi connectivity index (χ0v) is 10.5. The third-order valence-electron chi connectivity index (χ3n) is 2.67. The van der Waals surface area contributed by atoms with Gasteiger partial charge < -0.3 is 9.64 Å². The second kappa shape index (κ2) is 5.25. The van der Waals surface area contributed by atoms with Crippen molar-refractivity contribution in [2.75, 3.05) is 13.1 Å². The molecule has 0 radical (unpaired) electrons. The van der Waals surface area contributed by atoms with Crippen LogP contribution in [0.3, 0.4) is 0 Å². The lowest BCUT2D eigenvalue weighted by Crippen LogP contribution is -2.41. The summed E-state index contributed by atoms with van der Waals surface area (Å²) in [6.45, 7) is 7.19. The van der Waals surface area contributed by atoms with Crippen LogP contribution in [0.2, 0.25) is 0 Å². The Morgan fingerprint density at radius 1 is 1.44 bits per heavy atom. The Morgan fingerprint density at radius 3 is 2.44 bits per heavy atom. The van der Waals surface area contributed by atoms with Crippen molar-refractivity contribution >= 4 is 6.09 Å². The summed E-state index contributed by atoms with van der Waals surface area (Å²) in [5.74, 6) is 3.26. The minimum Gasteiger partial charge on any atom is -0.444 e. The van der Waals surface area contributed by atoms with Crippen LogP contribution in [0.5, 0.6) is 0 Å². The van der Waals surface area contributed by atoms with E-state index < -0.39 is 5.60 Å². The number of carbonyl (C=O) groups excluding carboxylic acids is 1. The number of likely N-dealkylation sites (tertiary alicyclic amines) is 1. The van der Waals surface area contributed by atoms with Crippen molar-refractivity contribution in [2.45, 2.75) is 45.6 Å². The van der Waals surface area contributed by atoms with Crippen molar-refractivity contribution in [3.63, 3.8) is 0 Å². The number of terminal acetylenes is 1. The van der Waals surface area contributed by atoms with Gasteiger partial charge >= 0.3 is 6.09 Å². The highest BCUT2D eigenvalue weighted by Crippen LogP contribution is 2.21. The molecule has 0 atom stereocenters. The van der Waals surface area contributed by atoms with E-state index in [4.69, 9.17) is 11.2 Å². The third kappa shape index (κ3) is 4.14. The Bertz CT molecular complexity index is 277. The molecule has 1 heterocycles. The van der Waals surface area contributed by atoms with Crippen LogP contribution in [0.1, 0.15) is 40.0 Å². The highest BCUT2D eigenvalue weighted by Gasteiger charge is 2.26. The smallest absolute Gasteiger partial charge is 0.410 e. The summed E-state index contributed by atoms with van der Waals surface area (Å²) in [4.78, 5) is 13.5. The molecule has 0 unspecified atom stereocenters. The van der Waals surface area contributed by atoms with Gasteiger partial charge in [0.25, 0.3) is 0 Å². The monoisotopic (exact) mass is 223 g/mol. The predicted molar refractivity (Wildman–Crippen MR) is 64.0 cm³/mol. The van der Waals surface area contributed by atoms with E-state index in [2.05, 4.69) is 5.92 Å². The molecule has 0 aromatic rings. The Balaban J connectivity index is 2.37. The normalized spacial score (nSPS) is 18.0. The summed E-state index contributed by atoms with van der Waals surface area (Å²) in [5, 5.41) is 0. The largest absolute Gasteiger partial charge is 0.444 e. The number of carbonyl (C=O) groups is 1. The summed E-state index contributed by atoms with van der Waals surface area (Å²) in [6.07, 6.45) is 7.88. The minimum absolute atomic E-state index is 0.202. The molecule has 1 aliphatic heterocycles. The lowest BCUT2D eigenvalue weighted by atomic mass is 9.94. The van der Waals surface area contributed by atoms with E-state index >= 15 is 0 Å². The van der Waals surface area contributed by atoms with Crippen molar-refractivity contribution in [3.05, 3.63) is 0 Å². The topological polar surface area (TPSA) is 29.5 Å². The molecule has 1 aliphatic rings. The molecule has 0 bridgehead atoms. The van der Waals surface area contributed by atoms with Crippen molar-refractivity contribution in [1.29, 1.82) is 0 Å². The number of ether oxygens (including phenoxy) is 1. The summed E-state index contributed by atoms with van der Waals surface area (Å²) in [6, 6.07) is 0. The standard InChI is InChI=1S/C13H21NO2/c1-5-6-11-7-9-14(10-8-11)12(15)16-13(2,3)4/h1,11H,6-10H2,2-4H3. The van der Waals surface area contributed by atoms with Crippen LogP contribution >= 0.6 is 0 Å². The van der Waals surface area contributed by atoms with Crippen molar-refractivity contribution < 1.29 is 9.53 Å². The van der Waals surface area contributed by atoms with Gasteiger partial charge in [0.2, 0.25) is 0 Å². The van der Waals surface area contributed by atoms with Gasteiger partial charge in [0, 0.05) is 19.5 Å². The molecule has 0 aliphatic carbocycles. The zero-order valence-electron chi connectivity index (χ0n) is 10.5. The fraction of sp³-hybridized carbons (Fsp3) is 0.769. The molecule has 0 saturated carbocycles. The third-order valence-corrected chi connectivity index (χ3v) is 2.67. The number of rotatable bonds is 1. The highest BCUT2D eigenvalue weighted by molar-refractivity contribution is 5.68. The average Bonchev–Trinajstić information content (AvgIpc) is 2.16. The fourth-order valence-corrected chi connectivity index (χ4v) is 1.81. The molecule has 0 spiro atoms. The van der Waals surface area contributed by atoms with Crippen LogP contribution in [0.4, 0.5) is 4.79 Å². The van der Waals surface area contributed by atoms with Crippen LogP contribution in [-0.2, 0) is 4.74 Å². The number of hydrogen-bond donors (Lipinski definition) is 0. The molecule has 1 amide bonds. The van der Waals surface area contributed by atoms with E-state index in [9.17, 15) is 4.79 Å². The van der Waals surface area contributed by atoms with Crippen molar-refractivity contribution in [1.82, 2.24) is 4.90 Å². The van der Waals surface area contributed by atoms with Gasteiger partial charge in [-0.15, -0.1) is 12.3 Å². The van der Waals surface area contributed by atoms with Gasteiger partial charge in [0.15, 0.2) is 0 Å². The minimum atomic E-state index is -0.410. The summed E-state index contributed by atoms with van der Waals surface area (Å²) in [7, 11) is 0. The second-order valence-electron chi connectivity index (χ2n) is 5.32. The second-order valence-corrected chi connectivity index (χ2v) is 5.32. The lowest BCUT2D eigenvalue weighted by molar-refractivity contribution is 0.0186. The van der Waals surface area contributed by atoms with Gasteiger partial charge in [-0.2, -0.15) is 0 Å². The quantitative estimate of drug-likeness (QED) is 0.640. The van der Waals surface area contributed by atoms with Crippen molar-refractivity contribution in [3.8, 4) is 12.3 Å². The average molecular weight is 223 g/mol. The maximum absolute atomic E-state index is 11.7. The lowest BCUT2D eigenvalue weighted by Gasteiger charge is -2.32. The molecule has 0 aromatic carbocycles. The summed E-state index contributed by atoms with van der Waals surface area (Å²) < 4.78 is 5.32. The molecule has 0 N–H and O–H groups in total. The SMILES string of the molecule is C#CCC1CCN(C(=O)OC(C)(C)C)CC1. The van der Waals surface area contributed by atoms with Crippen molar-refractivity contribution in [2.24, 2.45) is 5.92 Å². The molecular weight excluding hydrogens is 202 g/mol. The van der Waals surface area contributed by atoms with Gasteiger partial charge in [-0.3, -0.25) is 0 Å². The van der Waals surface area contributed by atoms with Crippen LogP contribution in [-0.4, -0.2) is 29.7 Å². The van der Waals surface area contributed by atoms with Crippen LogP contribution in [0, 0.1) is 18.3 Å². The fourth-order valence-electron chi connectivity index (χ4n) is 1.81. The first-order valence-corrected chi connectivity index (χ1v) is 5.84. The molecule has 3 nitrogen and oxygen atoms in total. The molecule has 1 saturated heterocycles. The van der Waals surface area contributed by atoms with Gasteiger partial charge in [0.05, 0.1) is 0 Å². The van der Waals surface area contributed by atoms with E-state index in [0.29, 0.717) is 5.92 Å².